The molecule has 0 fully saturated rings. The van der Waals surface area contributed by atoms with Gasteiger partial charge in [0.05, 0.1) is 6.33 Å². The summed E-state index contributed by atoms with van der Waals surface area (Å²) in [4.78, 5) is 18.1. The van der Waals surface area contributed by atoms with Crippen LogP contribution in [0.1, 0.15) is 23.8 Å². The molecule has 0 saturated carbocycles. The topological polar surface area (TPSA) is 55.0 Å². The van der Waals surface area contributed by atoms with E-state index in [4.69, 9.17) is 4.74 Å². The molecule has 14 heavy (non-hydrogen) atoms. The number of aromatic nitrogens is 2. The van der Waals surface area contributed by atoms with Crippen LogP contribution >= 0.6 is 0 Å². The van der Waals surface area contributed by atoms with Crippen molar-refractivity contribution in [1.82, 2.24) is 9.97 Å². The molecular weight excluding hydrogens is 180 g/mol. The maximum absolute atomic E-state index is 11.5. The Hall–Kier alpha value is -1.16. The van der Waals surface area contributed by atoms with Crippen molar-refractivity contribution in [3.8, 4) is 0 Å². The summed E-state index contributed by atoms with van der Waals surface area (Å²) in [5.41, 5.74) is 0.467. The molecule has 0 amide bonds. The van der Waals surface area contributed by atoms with Gasteiger partial charge in [0.2, 0.25) is 0 Å². The Morgan fingerprint density at radius 2 is 2.57 bits per heavy atom. The number of imidazole rings is 1. The molecule has 1 rings (SSSR count). The normalized spacial score (nSPS) is 12.7. The van der Waals surface area contributed by atoms with E-state index in [0.717, 1.165) is 6.42 Å². The van der Waals surface area contributed by atoms with Crippen LogP contribution in [0.5, 0.6) is 0 Å². The zero-order valence-electron chi connectivity index (χ0n) is 8.49. The van der Waals surface area contributed by atoms with Gasteiger partial charge >= 0.3 is 0 Å². The molecule has 4 nitrogen and oxygen atoms in total. The number of aromatic amines is 1. The number of carbonyl (C=O) groups is 1. The minimum atomic E-state index is -0.0325. The summed E-state index contributed by atoms with van der Waals surface area (Å²) in [7, 11) is 1.66. The Labute approximate surface area is 83.7 Å². The van der Waals surface area contributed by atoms with E-state index in [-0.39, 0.29) is 11.7 Å². The SMILES string of the molecule is COCCC(C)[CH]C(=O)c1c[nH]cn1. The lowest BCUT2D eigenvalue weighted by atomic mass is 10.0. The van der Waals surface area contributed by atoms with E-state index >= 15 is 0 Å². The Morgan fingerprint density at radius 3 is 3.14 bits per heavy atom. The van der Waals surface area contributed by atoms with Gasteiger partial charge in [-0.15, -0.1) is 0 Å². The number of nitrogens with zero attached hydrogens (tertiary/aromatic N) is 1. The largest absolute Gasteiger partial charge is 0.385 e. The summed E-state index contributed by atoms with van der Waals surface area (Å²) in [6, 6.07) is 0. The fourth-order valence-corrected chi connectivity index (χ4v) is 1.13. The number of hydrogen-bond donors (Lipinski definition) is 1. The van der Waals surface area contributed by atoms with Gasteiger partial charge in [-0.25, -0.2) is 4.98 Å². The van der Waals surface area contributed by atoms with Crippen molar-refractivity contribution in [3.05, 3.63) is 24.6 Å². The van der Waals surface area contributed by atoms with Gasteiger partial charge < -0.3 is 9.72 Å². The summed E-state index contributed by atoms with van der Waals surface area (Å²) in [5.74, 6) is 0.189. The van der Waals surface area contributed by atoms with Crippen LogP contribution in [0, 0.1) is 12.3 Å². The minimum absolute atomic E-state index is 0.0325. The molecule has 1 heterocycles. The maximum atomic E-state index is 11.5. The van der Waals surface area contributed by atoms with Gasteiger partial charge in [-0.1, -0.05) is 6.92 Å². The number of methoxy groups -OCH3 is 1. The molecule has 4 heteroatoms. The molecule has 0 spiro atoms. The number of rotatable bonds is 6. The van der Waals surface area contributed by atoms with Crippen LogP contribution in [0.25, 0.3) is 0 Å². The van der Waals surface area contributed by atoms with Crippen LogP contribution in [0.3, 0.4) is 0 Å². The summed E-state index contributed by atoms with van der Waals surface area (Å²) < 4.78 is 4.93. The average Bonchev–Trinajstić information content (AvgIpc) is 2.67. The van der Waals surface area contributed by atoms with Crippen LogP contribution in [0.4, 0.5) is 0 Å². The van der Waals surface area contributed by atoms with Crippen molar-refractivity contribution >= 4 is 5.78 Å². The van der Waals surface area contributed by atoms with Crippen LogP contribution in [0.2, 0.25) is 0 Å². The smallest absolute Gasteiger partial charge is 0.186 e. The molecule has 1 atom stereocenters. The molecule has 77 valence electrons. The second kappa shape index (κ2) is 5.54. The first kappa shape index (κ1) is 10.9. The number of Topliss-reactive ketones (excluding diaryl/α,β-unsaturated/α-hetero) is 1. The summed E-state index contributed by atoms with van der Waals surface area (Å²) in [6.45, 7) is 2.66. The van der Waals surface area contributed by atoms with Crippen LogP contribution < -0.4 is 0 Å². The fraction of sp³-hybridized carbons (Fsp3) is 0.500. The third kappa shape index (κ3) is 3.30. The number of carbonyl (C=O) groups excluding carboxylic acids is 1. The molecule has 1 aromatic heterocycles. The molecular formula is C10H15N2O2. The first-order chi connectivity index (χ1) is 6.74. The molecule has 0 aromatic carbocycles. The second-order valence-electron chi connectivity index (χ2n) is 3.24. The summed E-state index contributed by atoms with van der Waals surface area (Å²) in [6.07, 6.45) is 5.63. The number of nitrogens with one attached hydrogen (secondary N) is 1. The lowest BCUT2D eigenvalue weighted by Gasteiger charge is -2.07. The highest BCUT2D eigenvalue weighted by molar-refractivity contribution is 6.00. The first-order valence-electron chi connectivity index (χ1n) is 4.61. The number of hydrogen-bond acceptors (Lipinski definition) is 3. The third-order valence-electron chi connectivity index (χ3n) is 1.96. The van der Waals surface area contributed by atoms with Gasteiger partial charge in [-0.3, -0.25) is 4.79 Å². The molecule has 1 unspecified atom stereocenters. The van der Waals surface area contributed by atoms with Crippen molar-refractivity contribution in [3.63, 3.8) is 0 Å². The Balaban J connectivity index is 2.34. The Morgan fingerprint density at radius 1 is 1.79 bits per heavy atom. The highest BCUT2D eigenvalue weighted by Crippen LogP contribution is 2.09. The van der Waals surface area contributed by atoms with Crippen molar-refractivity contribution in [1.29, 1.82) is 0 Å². The number of ketones is 1. The van der Waals surface area contributed by atoms with E-state index < -0.39 is 0 Å². The Kier molecular flexibility index (Phi) is 4.32. The molecule has 0 aliphatic carbocycles. The Bertz CT molecular complexity index is 270. The number of ether oxygens (including phenoxy) is 1. The molecule has 0 saturated heterocycles. The van der Waals surface area contributed by atoms with Crippen molar-refractivity contribution in [2.45, 2.75) is 13.3 Å². The van der Waals surface area contributed by atoms with Gasteiger partial charge in [0.15, 0.2) is 5.78 Å². The van der Waals surface area contributed by atoms with Crippen LogP contribution in [-0.2, 0) is 4.74 Å². The van der Waals surface area contributed by atoms with E-state index in [2.05, 4.69) is 9.97 Å². The van der Waals surface area contributed by atoms with E-state index in [1.165, 1.54) is 6.33 Å². The highest BCUT2D eigenvalue weighted by atomic mass is 16.5. The van der Waals surface area contributed by atoms with E-state index in [0.29, 0.717) is 12.3 Å². The average molecular weight is 195 g/mol. The van der Waals surface area contributed by atoms with Crippen molar-refractivity contribution in [2.24, 2.45) is 5.92 Å². The molecule has 0 aliphatic heterocycles. The zero-order valence-corrected chi connectivity index (χ0v) is 8.49. The van der Waals surface area contributed by atoms with Crippen LogP contribution in [-0.4, -0.2) is 29.5 Å². The molecule has 0 bridgehead atoms. The predicted octanol–water partition coefficient (Wildman–Crippen LogP) is 1.47. The van der Waals surface area contributed by atoms with Gasteiger partial charge in [0, 0.05) is 26.3 Å². The second-order valence-corrected chi connectivity index (χ2v) is 3.24. The van der Waals surface area contributed by atoms with Crippen molar-refractivity contribution < 1.29 is 9.53 Å². The lowest BCUT2D eigenvalue weighted by Crippen LogP contribution is -2.09. The maximum Gasteiger partial charge on any atom is 0.186 e. The number of H-pyrrole nitrogens is 1. The summed E-state index contributed by atoms with van der Waals surface area (Å²) >= 11 is 0. The van der Waals surface area contributed by atoms with E-state index in [9.17, 15) is 4.79 Å². The highest BCUT2D eigenvalue weighted by Gasteiger charge is 2.12. The quantitative estimate of drug-likeness (QED) is 0.699. The van der Waals surface area contributed by atoms with Gasteiger partial charge in [-0.05, 0) is 12.3 Å². The molecule has 1 radical (unpaired) electrons. The third-order valence-corrected chi connectivity index (χ3v) is 1.96. The van der Waals surface area contributed by atoms with E-state index in [1.807, 2.05) is 6.92 Å². The fourth-order valence-electron chi connectivity index (χ4n) is 1.13. The van der Waals surface area contributed by atoms with Crippen LogP contribution in [0.15, 0.2) is 12.5 Å². The van der Waals surface area contributed by atoms with Gasteiger partial charge in [0.25, 0.3) is 0 Å². The monoisotopic (exact) mass is 195 g/mol. The molecule has 1 N–H and O–H groups in total. The standard InChI is InChI=1S/C10H15N2O2/c1-8(3-4-14-2)5-10(13)9-6-11-7-12-9/h5-8H,3-4H2,1-2H3,(H,11,12). The van der Waals surface area contributed by atoms with E-state index in [1.54, 1.807) is 19.7 Å². The predicted molar refractivity (Wildman–Crippen MR) is 52.9 cm³/mol. The zero-order chi connectivity index (χ0) is 10.4. The minimum Gasteiger partial charge on any atom is -0.385 e. The first-order valence-corrected chi connectivity index (χ1v) is 4.61. The van der Waals surface area contributed by atoms with Gasteiger partial charge in [0.1, 0.15) is 5.69 Å². The lowest BCUT2D eigenvalue weighted by molar-refractivity contribution is 0.100. The summed E-state index contributed by atoms with van der Waals surface area (Å²) in [5, 5.41) is 0. The molecule has 1 aromatic rings. The van der Waals surface area contributed by atoms with Crippen molar-refractivity contribution in [2.75, 3.05) is 13.7 Å². The van der Waals surface area contributed by atoms with Gasteiger partial charge in [-0.2, -0.15) is 0 Å². The molecule has 0 aliphatic rings.